The van der Waals surface area contributed by atoms with Crippen LogP contribution in [0.3, 0.4) is 0 Å². The second-order valence-electron chi connectivity index (χ2n) is 6.10. The number of methoxy groups -OCH3 is 1. The molecule has 0 saturated carbocycles. The molecule has 0 spiro atoms. The van der Waals surface area contributed by atoms with Crippen molar-refractivity contribution in [3.05, 3.63) is 84.9 Å². The van der Waals surface area contributed by atoms with Crippen LogP contribution in [0.5, 0.6) is 17.4 Å². The molecular weight excluding hydrogens is 382 g/mol. The molecule has 0 radical (unpaired) electrons. The largest absolute Gasteiger partial charge is 0.493 e. The van der Waals surface area contributed by atoms with Crippen LogP contribution in [-0.2, 0) is 0 Å². The van der Waals surface area contributed by atoms with Crippen molar-refractivity contribution in [3.8, 4) is 28.9 Å². The number of ether oxygens (including phenoxy) is 2. The molecular formula is C22H17N5O3. The normalized spacial score (nSPS) is 10.3. The summed E-state index contributed by atoms with van der Waals surface area (Å²) in [5, 5.41) is 2.75. The molecule has 0 aliphatic heterocycles. The van der Waals surface area contributed by atoms with Crippen LogP contribution in [0.15, 0.2) is 79.4 Å². The zero-order valence-electron chi connectivity index (χ0n) is 16.0. The van der Waals surface area contributed by atoms with Gasteiger partial charge in [-0.25, -0.2) is 15.0 Å². The van der Waals surface area contributed by atoms with E-state index in [1.54, 1.807) is 43.6 Å². The molecule has 0 aliphatic carbocycles. The fourth-order valence-corrected chi connectivity index (χ4v) is 2.61. The van der Waals surface area contributed by atoms with E-state index in [4.69, 9.17) is 9.47 Å². The first-order chi connectivity index (χ1) is 14.7. The standard InChI is InChI=1S/C22H17N5O3/c1-29-18-7-2-3-8-19(18)30-20-10-9-16(14-24-20)27-22(28)15-12-25-21(26-13-15)17-6-4-5-11-23-17/h2-14H,1H3,(H,27,28). The number of nitrogens with one attached hydrogen (secondary N) is 1. The fraction of sp³-hybridized carbons (Fsp3) is 0.0455. The van der Waals surface area contributed by atoms with E-state index in [0.717, 1.165) is 0 Å². The van der Waals surface area contributed by atoms with Crippen molar-refractivity contribution >= 4 is 11.6 Å². The Kier molecular flexibility index (Phi) is 5.56. The summed E-state index contributed by atoms with van der Waals surface area (Å²) in [7, 11) is 1.57. The second-order valence-corrected chi connectivity index (χ2v) is 6.10. The molecule has 4 rings (SSSR count). The molecule has 0 aliphatic rings. The highest BCUT2D eigenvalue weighted by Crippen LogP contribution is 2.30. The molecule has 0 fully saturated rings. The van der Waals surface area contributed by atoms with Crippen LogP contribution in [0.2, 0.25) is 0 Å². The molecule has 1 N–H and O–H groups in total. The highest BCUT2D eigenvalue weighted by Gasteiger charge is 2.10. The number of benzene rings is 1. The Labute approximate surface area is 172 Å². The van der Waals surface area contributed by atoms with Gasteiger partial charge >= 0.3 is 0 Å². The van der Waals surface area contributed by atoms with Crippen molar-refractivity contribution in [1.29, 1.82) is 0 Å². The Morgan fingerprint density at radius 1 is 0.833 bits per heavy atom. The number of para-hydroxylation sites is 2. The molecule has 0 atom stereocenters. The number of rotatable bonds is 6. The molecule has 0 saturated heterocycles. The number of carbonyl (C=O) groups is 1. The molecule has 3 aromatic heterocycles. The zero-order chi connectivity index (χ0) is 20.8. The molecule has 4 aromatic rings. The van der Waals surface area contributed by atoms with Gasteiger partial charge in [-0.05, 0) is 30.3 Å². The molecule has 0 unspecified atom stereocenters. The summed E-state index contributed by atoms with van der Waals surface area (Å²) in [6, 6.07) is 16.1. The van der Waals surface area contributed by atoms with Crippen molar-refractivity contribution in [2.45, 2.75) is 0 Å². The number of amides is 1. The molecule has 8 nitrogen and oxygen atoms in total. The van der Waals surface area contributed by atoms with Gasteiger partial charge in [0.25, 0.3) is 5.91 Å². The lowest BCUT2D eigenvalue weighted by Crippen LogP contribution is -2.13. The van der Waals surface area contributed by atoms with Crippen molar-refractivity contribution in [3.63, 3.8) is 0 Å². The summed E-state index contributed by atoms with van der Waals surface area (Å²) in [6.45, 7) is 0. The van der Waals surface area contributed by atoms with Crippen LogP contribution < -0.4 is 14.8 Å². The van der Waals surface area contributed by atoms with Crippen molar-refractivity contribution in [1.82, 2.24) is 19.9 Å². The van der Waals surface area contributed by atoms with E-state index in [0.29, 0.717) is 40.1 Å². The third-order valence-electron chi connectivity index (χ3n) is 4.09. The molecule has 8 heteroatoms. The first kappa shape index (κ1) is 19.0. The van der Waals surface area contributed by atoms with Gasteiger partial charge in [0.05, 0.1) is 24.6 Å². The molecule has 30 heavy (non-hydrogen) atoms. The van der Waals surface area contributed by atoms with E-state index >= 15 is 0 Å². The molecule has 148 valence electrons. The van der Waals surface area contributed by atoms with Gasteiger partial charge in [0.2, 0.25) is 5.88 Å². The van der Waals surface area contributed by atoms with Crippen LogP contribution in [0.25, 0.3) is 11.5 Å². The average Bonchev–Trinajstić information content (AvgIpc) is 2.81. The predicted octanol–water partition coefficient (Wildman–Crippen LogP) is 3.99. The Balaban J connectivity index is 1.41. The first-order valence-corrected chi connectivity index (χ1v) is 9.04. The third-order valence-corrected chi connectivity index (χ3v) is 4.09. The van der Waals surface area contributed by atoms with Gasteiger partial charge in [-0.1, -0.05) is 18.2 Å². The molecule has 1 amide bonds. The van der Waals surface area contributed by atoms with E-state index in [2.05, 4.69) is 25.3 Å². The van der Waals surface area contributed by atoms with Gasteiger partial charge in [-0.15, -0.1) is 0 Å². The number of anilines is 1. The van der Waals surface area contributed by atoms with Gasteiger partial charge in [0, 0.05) is 24.7 Å². The van der Waals surface area contributed by atoms with Gasteiger partial charge < -0.3 is 14.8 Å². The maximum atomic E-state index is 12.4. The van der Waals surface area contributed by atoms with Crippen LogP contribution in [0.4, 0.5) is 5.69 Å². The number of nitrogens with zero attached hydrogens (tertiary/aromatic N) is 4. The zero-order valence-corrected chi connectivity index (χ0v) is 16.0. The van der Waals surface area contributed by atoms with E-state index in [1.165, 1.54) is 18.6 Å². The number of carbonyl (C=O) groups excluding carboxylic acids is 1. The minimum Gasteiger partial charge on any atom is -0.493 e. The maximum Gasteiger partial charge on any atom is 0.258 e. The SMILES string of the molecule is COc1ccccc1Oc1ccc(NC(=O)c2cnc(-c3ccccn3)nc2)cn1. The van der Waals surface area contributed by atoms with Crippen LogP contribution >= 0.6 is 0 Å². The topological polar surface area (TPSA) is 99.1 Å². The monoisotopic (exact) mass is 399 g/mol. The van der Waals surface area contributed by atoms with Crippen LogP contribution in [0.1, 0.15) is 10.4 Å². The quantitative estimate of drug-likeness (QED) is 0.523. The minimum atomic E-state index is -0.345. The number of pyridine rings is 2. The van der Waals surface area contributed by atoms with Gasteiger partial charge in [0.15, 0.2) is 17.3 Å². The summed E-state index contributed by atoms with van der Waals surface area (Å²) < 4.78 is 11.0. The molecule has 1 aromatic carbocycles. The smallest absolute Gasteiger partial charge is 0.258 e. The summed E-state index contributed by atoms with van der Waals surface area (Å²) >= 11 is 0. The van der Waals surface area contributed by atoms with Crippen molar-refractivity contribution < 1.29 is 14.3 Å². The van der Waals surface area contributed by atoms with E-state index < -0.39 is 0 Å². The Morgan fingerprint density at radius 3 is 2.27 bits per heavy atom. The summed E-state index contributed by atoms with van der Waals surface area (Å²) in [6.07, 6.45) is 6.08. The van der Waals surface area contributed by atoms with Gasteiger partial charge in [-0.3, -0.25) is 9.78 Å². The number of aromatic nitrogens is 4. The van der Waals surface area contributed by atoms with E-state index in [1.807, 2.05) is 24.3 Å². The highest BCUT2D eigenvalue weighted by atomic mass is 16.5. The lowest BCUT2D eigenvalue weighted by atomic mass is 10.3. The van der Waals surface area contributed by atoms with Crippen molar-refractivity contribution in [2.75, 3.05) is 12.4 Å². The van der Waals surface area contributed by atoms with E-state index in [9.17, 15) is 4.79 Å². The fourth-order valence-electron chi connectivity index (χ4n) is 2.61. The van der Waals surface area contributed by atoms with Crippen molar-refractivity contribution in [2.24, 2.45) is 0 Å². The second kappa shape index (κ2) is 8.78. The summed E-state index contributed by atoms with van der Waals surface area (Å²) in [4.78, 5) is 29.3. The molecule has 3 heterocycles. The maximum absolute atomic E-state index is 12.4. The Morgan fingerprint density at radius 2 is 1.60 bits per heavy atom. The lowest BCUT2D eigenvalue weighted by Gasteiger charge is -2.10. The van der Waals surface area contributed by atoms with Crippen LogP contribution in [0, 0.1) is 0 Å². The van der Waals surface area contributed by atoms with Gasteiger partial charge in [0.1, 0.15) is 5.69 Å². The summed E-state index contributed by atoms with van der Waals surface area (Å²) in [5.41, 5.74) is 1.48. The summed E-state index contributed by atoms with van der Waals surface area (Å²) in [5.74, 6) is 1.63. The number of hydrogen-bond donors (Lipinski definition) is 1. The third kappa shape index (κ3) is 4.39. The minimum absolute atomic E-state index is 0.323. The molecule has 0 bridgehead atoms. The highest BCUT2D eigenvalue weighted by molar-refractivity contribution is 6.03. The predicted molar refractivity (Wildman–Crippen MR) is 111 cm³/mol. The Bertz CT molecular complexity index is 1130. The van der Waals surface area contributed by atoms with Gasteiger partial charge in [-0.2, -0.15) is 0 Å². The lowest BCUT2D eigenvalue weighted by molar-refractivity contribution is 0.102. The first-order valence-electron chi connectivity index (χ1n) is 9.04. The van der Waals surface area contributed by atoms with E-state index in [-0.39, 0.29) is 5.91 Å². The Hall–Kier alpha value is -4.33. The van der Waals surface area contributed by atoms with Crippen LogP contribution in [-0.4, -0.2) is 33.0 Å². The average molecular weight is 399 g/mol. The number of hydrogen-bond acceptors (Lipinski definition) is 7.